The van der Waals surface area contributed by atoms with Gasteiger partial charge in [-0.25, -0.2) is 4.98 Å². The van der Waals surface area contributed by atoms with Crippen molar-refractivity contribution in [2.75, 3.05) is 20.3 Å². The van der Waals surface area contributed by atoms with E-state index >= 15 is 0 Å². The molecule has 0 N–H and O–H groups in total. The molecule has 1 fully saturated rings. The van der Waals surface area contributed by atoms with E-state index in [9.17, 15) is 9.59 Å². The van der Waals surface area contributed by atoms with Crippen molar-refractivity contribution >= 4 is 16.9 Å². The van der Waals surface area contributed by atoms with E-state index in [1.54, 1.807) is 30.3 Å². The summed E-state index contributed by atoms with van der Waals surface area (Å²) in [6, 6.07) is 3.20. The number of likely N-dealkylation sites (tertiary alicyclic amines) is 1. The lowest BCUT2D eigenvalue weighted by Crippen LogP contribution is -2.41. The zero-order valence-electron chi connectivity index (χ0n) is 18.1. The van der Waals surface area contributed by atoms with Crippen LogP contribution in [0.4, 0.5) is 0 Å². The number of nitrogens with zero attached hydrogens (tertiary/aromatic N) is 5. The molecule has 0 aliphatic carbocycles. The summed E-state index contributed by atoms with van der Waals surface area (Å²) in [4.78, 5) is 37.4. The molecule has 4 heterocycles. The average Bonchev–Trinajstić information content (AvgIpc) is 3.26. The second kappa shape index (κ2) is 8.97. The van der Waals surface area contributed by atoms with Gasteiger partial charge in [0.1, 0.15) is 17.3 Å². The molecule has 1 atom stereocenters. The van der Waals surface area contributed by atoms with Gasteiger partial charge in [0.05, 0.1) is 12.0 Å². The third-order valence-electron chi connectivity index (χ3n) is 5.69. The van der Waals surface area contributed by atoms with Gasteiger partial charge in [0, 0.05) is 38.5 Å². The summed E-state index contributed by atoms with van der Waals surface area (Å²) in [7, 11) is 1.62. The van der Waals surface area contributed by atoms with Gasteiger partial charge in [-0.1, -0.05) is 5.16 Å². The van der Waals surface area contributed by atoms with Gasteiger partial charge in [0.15, 0.2) is 5.82 Å². The number of piperidine rings is 1. The van der Waals surface area contributed by atoms with E-state index in [4.69, 9.17) is 9.26 Å². The molecule has 1 amide bonds. The topological polar surface area (TPSA) is 103 Å². The number of ether oxygens (including phenoxy) is 1. The summed E-state index contributed by atoms with van der Waals surface area (Å²) >= 11 is 0. The maximum atomic E-state index is 13.5. The summed E-state index contributed by atoms with van der Waals surface area (Å²) in [5, 5.41) is 4.46. The molecular formula is C22H27N5O4. The van der Waals surface area contributed by atoms with E-state index in [1.807, 2.05) is 18.4 Å². The van der Waals surface area contributed by atoms with Crippen LogP contribution in [0.25, 0.3) is 11.0 Å². The van der Waals surface area contributed by atoms with E-state index in [0.29, 0.717) is 55.3 Å². The van der Waals surface area contributed by atoms with Gasteiger partial charge < -0.3 is 18.7 Å². The first-order chi connectivity index (χ1) is 15.0. The molecule has 0 spiro atoms. The molecule has 1 aliphatic rings. The Kier molecular flexibility index (Phi) is 6.13. The van der Waals surface area contributed by atoms with Crippen LogP contribution in [0.3, 0.4) is 0 Å². The highest BCUT2D eigenvalue weighted by atomic mass is 16.5. The van der Waals surface area contributed by atoms with Crippen molar-refractivity contribution in [1.82, 2.24) is 24.6 Å². The predicted octanol–water partition coefficient (Wildman–Crippen LogP) is 2.66. The number of hydrogen-bond donors (Lipinski definition) is 0. The number of carbonyl (C=O) groups excluding carboxylic acids is 1. The SMILES string of the molecule is CCn1cc(C(=O)N2CCCCC2c2nc(CCOC)no2)c(=O)c2ccc(C)nc21. The lowest BCUT2D eigenvalue weighted by molar-refractivity contribution is 0.0559. The highest BCUT2D eigenvalue weighted by Gasteiger charge is 2.34. The van der Waals surface area contributed by atoms with Crippen molar-refractivity contribution < 1.29 is 14.1 Å². The summed E-state index contributed by atoms with van der Waals surface area (Å²) in [5.74, 6) is 0.652. The van der Waals surface area contributed by atoms with Crippen LogP contribution in [0.5, 0.6) is 0 Å². The van der Waals surface area contributed by atoms with Crippen LogP contribution in [-0.2, 0) is 17.7 Å². The standard InChI is InChI=1S/C22H27N5O4/c1-4-26-13-16(19(28)15-9-8-14(2)23-20(15)26)22(29)27-11-6-5-7-17(27)21-24-18(25-31-21)10-12-30-3/h8-9,13,17H,4-7,10-12H2,1-3H3. The van der Waals surface area contributed by atoms with Gasteiger partial charge in [-0.15, -0.1) is 0 Å². The molecule has 1 aliphatic heterocycles. The summed E-state index contributed by atoms with van der Waals surface area (Å²) in [5.41, 5.74) is 1.27. The summed E-state index contributed by atoms with van der Waals surface area (Å²) < 4.78 is 12.4. The molecule has 4 rings (SSSR count). The highest BCUT2D eigenvalue weighted by Crippen LogP contribution is 2.31. The Balaban J connectivity index is 1.71. The molecule has 31 heavy (non-hydrogen) atoms. The first-order valence-corrected chi connectivity index (χ1v) is 10.7. The predicted molar refractivity (Wildman–Crippen MR) is 114 cm³/mol. The van der Waals surface area contributed by atoms with Crippen molar-refractivity contribution in [3.63, 3.8) is 0 Å². The minimum Gasteiger partial charge on any atom is -0.384 e. The van der Waals surface area contributed by atoms with E-state index in [2.05, 4.69) is 15.1 Å². The molecule has 1 unspecified atom stereocenters. The van der Waals surface area contributed by atoms with Crippen LogP contribution in [-0.4, -0.2) is 50.8 Å². The van der Waals surface area contributed by atoms with E-state index in [0.717, 1.165) is 18.5 Å². The summed E-state index contributed by atoms with van der Waals surface area (Å²) in [6.07, 6.45) is 4.70. The molecule has 3 aromatic heterocycles. The lowest BCUT2D eigenvalue weighted by Gasteiger charge is -2.33. The molecule has 0 aromatic carbocycles. The number of rotatable bonds is 6. The molecule has 0 bridgehead atoms. The number of carbonyl (C=O) groups is 1. The first-order valence-electron chi connectivity index (χ1n) is 10.7. The molecule has 9 heteroatoms. The van der Waals surface area contributed by atoms with Gasteiger partial charge in [0.25, 0.3) is 5.91 Å². The molecule has 0 radical (unpaired) electrons. The largest absolute Gasteiger partial charge is 0.384 e. The monoisotopic (exact) mass is 425 g/mol. The number of aromatic nitrogens is 4. The van der Waals surface area contributed by atoms with E-state index in [1.165, 1.54) is 0 Å². The quantitative estimate of drug-likeness (QED) is 0.598. The van der Waals surface area contributed by atoms with Gasteiger partial charge in [-0.05, 0) is 45.2 Å². The third-order valence-corrected chi connectivity index (χ3v) is 5.69. The Labute approximate surface area is 180 Å². The molecule has 9 nitrogen and oxygen atoms in total. The van der Waals surface area contributed by atoms with Crippen LogP contribution in [0, 0.1) is 6.92 Å². The Morgan fingerprint density at radius 2 is 2.13 bits per heavy atom. The maximum Gasteiger partial charge on any atom is 0.260 e. The van der Waals surface area contributed by atoms with Gasteiger partial charge in [-0.2, -0.15) is 4.98 Å². The smallest absolute Gasteiger partial charge is 0.260 e. The fourth-order valence-corrected chi connectivity index (χ4v) is 4.04. The molecule has 0 saturated carbocycles. The van der Waals surface area contributed by atoms with Crippen LogP contribution in [0.1, 0.15) is 60.0 Å². The molecule has 3 aromatic rings. The fourth-order valence-electron chi connectivity index (χ4n) is 4.04. The normalized spacial score (nSPS) is 16.7. The zero-order chi connectivity index (χ0) is 22.0. The van der Waals surface area contributed by atoms with Crippen molar-refractivity contribution in [1.29, 1.82) is 0 Å². The van der Waals surface area contributed by atoms with Gasteiger partial charge in [-0.3, -0.25) is 9.59 Å². The second-order valence-electron chi connectivity index (χ2n) is 7.78. The number of amides is 1. The van der Waals surface area contributed by atoms with Crippen molar-refractivity contribution in [3.05, 3.63) is 51.5 Å². The zero-order valence-corrected chi connectivity index (χ0v) is 18.1. The van der Waals surface area contributed by atoms with E-state index in [-0.39, 0.29) is 22.9 Å². The van der Waals surface area contributed by atoms with Crippen molar-refractivity contribution in [3.8, 4) is 0 Å². The second-order valence-corrected chi connectivity index (χ2v) is 7.78. The number of methoxy groups -OCH3 is 1. The van der Waals surface area contributed by atoms with Gasteiger partial charge >= 0.3 is 0 Å². The third kappa shape index (κ3) is 4.10. The molecule has 164 valence electrons. The Hall–Kier alpha value is -3.07. The molecular weight excluding hydrogens is 398 g/mol. The Bertz CT molecular complexity index is 1150. The highest BCUT2D eigenvalue weighted by molar-refractivity contribution is 5.97. The Morgan fingerprint density at radius 3 is 2.90 bits per heavy atom. The van der Waals surface area contributed by atoms with Crippen LogP contribution < -0.4 is 5.43 Å². The number of hydrogen-bond acceptors (Lipinski definition) is 7. The maximum absolute atomic E-state index is 13.5. The first kappa shape index (κ1) is 21.2. The average molecular weight is 425 g/mol. The van der Waals surface area contributed by atoms with Crippen LogP contribution >= 0.6 is 0 Å². The minimum atomic E-state index is -0.341. The molecule has 1 saturated heterocycles. The van der Waals surface area contributed by atoms with Crippen molar-refractivity contribution in [2.24, 2.45) is 0 Å². The fraction of sp³-hybridized carbons (Fsp3) is 0.500. The van der Waals surface area contributed by atoms with Gasteiger partial charge in [0.2, 0.25) is 11.3 Å². The minimum absolute atomic E-state index is 0.144. The Morgan fingerprint density at radius 1 is 1.29 bits per heavy atom. The van der Waals surface area contributed by atoms with Crippen LogP contribution in [0.15, 0.2) is 27.6 Å². The number of pyridine rings is 2. The van der Waals surface area contributed by atoms with E-state index < -0.39 is 0 Å². The van der Waals surface area contributed by atoms with Crippen LogP contribution in [0.2, 0.25) is 0 Å². The number of aryl methyl sites for hydroxylation is 2. The lowest BCUT2D eigenvalue weighted by atomic mass is 10.0. The van der Waals surface area contributed by atoms with Crippen molar-refractivity contribution in [2.45, 2.75) is 52.1 Å². The number of fused-ring (bicyclic) bond motifs is 1. The summed E-state index contributed by atoms with van der Waals surface area (Å²) in [6.45, 7) is 5.48.